The number of hydroxylamine groups is 1. The number of nitrogens with zero attached hydrogens (tertiary/aromatic N) is 2. The number of benzene rings is 1. The maximum Gasteiger partial charge on any atom is 0.285 e. The molecule has 0 spiro atoms. The van der Waals surface area contributed by atoms with Crippen LogP contribution in [0.2, 0.25) is 0 Å². The van der Waals surface area contributed by atoms with Crippen LogP contribution in [-0.2, 0) is 6.54 Å². The predicted octanol–water partition coefficient (Wildman–Crippen LogP) is 2.57. The van der Waals surface area contributed by atoms with Crippen molar-refractivity contribution >= 4 is 27.3 Å². The molecule has 1 aromatic carbocycles. The summed E-state index contributed by atoms with van der Waals surface area (Å²) in [6, 6.07) is 9.52. The molecule has 6 nitrogen and oxygen atoms in total. The molecule has 1 amide bonds. The lowest BCUT2D eigenvalue weighted by Crippen LogP contribution is -2.22. The van der Waals surface area contributed by atoms with Crippen LogP contribution in [0.25, 0.3) is 21.3 Å². The van der Waals surface area contributed by atoms with Gasteiger partial charge in [0.25, 0.3) is 11.5 Å². The Labute approximate surface area is 136 Å². The van der Waals surface area contributed by atoms with Crippen LogP contribution in [0.1, 0.15) is 22.2 Å². The van der Waals surface area contributed by atoms with E-state index in [0.29, 0.717) is 32.8 Å². The molecule has 0 aliphatic heterocycles. The molecule has 2 N–H and O–H groups in total. The van der Waals surface area contributed by atoms with E-state index in [2.05, 4.69) is 5.10 Å². The third-order valence-corrected chi connectivity index (χ3v) is 4.97. The summed E-state index contributed by atoms with van der Waals surface area (Å²) in [7, 11) is 0. The predicted molar refractivity (Wildman–Crippen MR) is 89.0 cm³/mol. The second-order valence-electron chi connectivity index (χ2n) is 5.04. The summed E-state index contributed by atoms with van der Waals surface area (Å²) < 4.78 is 1.86. The van der Waals surface area contributed by atoms with Crippen LogP contribution in [0, 0.1) is 6.92 Å². The molecule has 0 fully saturated rings. The lowest BCUT2D eigenvalue weighted by atomic mass is 10.1. The second-order valence-corrected chi connectivity index (χ2v) is 6.06. The van der Waals surface area contributed by atoms with Gasteiger partial charge in [0.1, 0.15) is 10.4 Å². The molecule has 0 aliphatic rings. The highest BCUT2D eigenvalue weighted by atomic mass is 32.1. The Morgan fingerprint density at radius 2 is 2.04 bits per heavy atom. The number of rotatable bonds is 3. The minimum Gasteiger partial charge on any atom is -0.288 e. The average molecular weight is 329 g/mol. The van der Waals surface area contributed by atoms with Gasteiger partial charge in [-0.15, -0.1) is 11.3 Å². The summed E-state index contributed by atoms with van der Waals surface area (Å²) in [5.41, 5.74) is 3.58. The first kappa shape index (κ1) is 15.4. The SMILES string of the molecule is CCn1nc(-c2ccccc2)c2c(C)c(C(=O)NO)sc2c1=O. The Hall–Kier alpha value is -2.51. The number of hydrogen-bond donors (Lipinski definition) is 2. The number of aryl methyl sites for hydroxylation is 2. The van der Waals surface area contributed by atoms with Crippen LogP contribution in [0.3, 0.4) is 0 Å². The van der Waals surface area contributed by atoms with E-state index in [1.54, 1.807) is 12.4 Å². The van der Waals surface area contributed by atoms with Gasteiger partial charge in [0.05, 0.1) is 4.88 Å². The average Bonchev–Trinajstić information content (AvgIpc) is 2.94. The fourth-order valence-electron chi connectivity index (χ4n) is 2.56. The second kappa shape index (κ2) is 5.94. The first-order valence-corrected chi connectivity index (χ1v) is 7.94. The first-order chi connectivity index (χ1) is 11.1. The lowest BCUT2D eigenvalue weighted by Gasteiger charge is -2.08. The van der Waals surface area contributed by atoms with E-state index in [4.69, 9.17) is 5.21 Å². The van der Waals surface area contributed by atoms with E-state index in [1.165, 1.54) is 4.68 Å². The Bertz CT molecular complexity index is 945. The van der Waals surface area contributed by atoms with Crippen molar-refractivity contribution in [3.63, 3.8) is 0 Å². The van der Waals surface area contributed by atoms with E-state index in [9.17, 15) is 9.59 Å². The van der Waals surface area contributed by atoms with Crippen molar-refractivity contribution in [1.29, 1.82) is 0 Å². The third-order valence-electron chi connectivity index (χ3n) is 3.69. The molecular formula is C16H15N3O3S. The Morgan fingerprint density at radius 3 is 2.65 bits per heavy atom. The van der Waals surface area contributed by atoms with Crippen molar-refractivity contribution in [2.45, 2.75) is 20.4 Å². The number of carbonyl (C=O) groups is 1. The van der Waals surface area contributed by atoms with E-state index in [0.717, 1.165) is 16.9 Å². The molecular weight excluding hydrogens is 314 g/mol. The molecule has 0 aliphatic carbocycles. The summed E-state index contributed by atoms with van der Waals surface area (Å²) in [5, 5.41) is 14.0. The summed E-state index contributed by atoms with van der Waals surface area (Å²) in [5.74, 6) is -0.620. The van der Waals surface area contributed by atoms with Crippen LogP contribution in [0.15, 0.2) is 35.1 Å². The van der Waals surface area contributed by atoms with Crippen molar-refractivity contribution in [2.24, 2.45) is 0 Å². The molecule has 0 bridgehead atoms. The summed E-state index contributed by atoms with van der Waals surface area (Å²) in [6.07, 6.45) is 0. The van der Waals surface area contributed by atoms with Crippen molar-refractivity contribution in [1.82, 2.24) is 15.3 Å². The highest BCUT2D eigenvalue weighted by molar-refractivity contribution is 7.21. The highest BCUT2D eigenvalue weighted by Gasteiger charge is 2.22. The number of aromatic nitrogens is 2. The standard InChI is InChI=1S/C16H15N3O3S/c1-3-19-16(21)14-11(9(2)13(23-14)15(20)18-22)12(17-19)10-7-5-4-6-8-10/h4-8,22H,3H2,1-2H3,(H,18,20). The van der Waals surface area contributed by atoms with Crippen LogP contribution >= 0.6 is 11.3 Å². The molecule has 2 heterocycles. The third kappa shape index (κ3) is 2.43. The highest BCUT2D eigenvalue weighted by Crippen LogP contribution is 2.34. The molecule has 3 aromatic rings. The molecule has 0 atom stereocenters. The Balaban J connectivity index is 2.44. The van der Waals surface area contributed by atoms with Gasteiger partial charge in [-0.05, 0) is 19.4 Å². The molecule has 0 saturated carbocycles. The largest absolute Gasteiger partial charge is 0.288 e. The van der Waals surface area contributed by atoms with E-state index >= 15 is 0 Å². The molecule has 0 saturated heterocycles. The monoisotopic (exact) mass is 329 g/mol. The van der Waals surface area contributed by atoms with E-state index < -0.39 is 5.91 Å². The van der Waals surface area contributed by atoms with Crippen molar-refractivity contribution in [3.8, 4) is 11.3 Å². The van der Waals surface area contributed by atoms with Gasteiger partial charge >= 0.3 is 0 Å². The maximum absolute atomic E-state index is 12.5. The van der Waals surface area contributed by atoms with Gasteiger partial charge in [0.2, 0.25) is 0 Å². The Kier molecular flexibility index (Phi) is 3.97. The van der Waals surface area contributed by atoms with Gasteiger partial charge < -0.3 is 0 Å². The molecule has 23 heavy (non-hydrogen) atoms. The fraction of sp³-hybridized carbons (Fsp3) is 0.188. The van der Waals surface area contributed by atoms with Gasteiger partial charge in [-0.25, -0.2) is 10.2 Å². The van der Waals surface area contributed by atoms with Crippen molar-refractivity contribution in [3.05, 3.63) is 51.1 Å². The smallest absolute Gasteiger partial charge is 0.285 e. The zero-order valence-electron chi connectivity index (χ0n) is 12.7. The molecule has 2 aromatic heterocycles. The number of thiophene rings is 1. The van der Waals surface area contributed by atoms with Crippen LogP contribution in [-0.4, -0.2) is 20.9 Å². The zero-order valence-corrected chi connectivity index (χ0v) is 13.5. The minimum atomic E-state index is -0.620. The number of hydrogen-bond acceptors (Lipinski definition) is 5. The van der Waals surface area contributed by atoms with Crippen LogP contribution in [0.5, 0.6) is 0 Å². The number of nitrogens with one attached hydrogen (secondary N) is 1. The molecule has 3 rings (SSSR count). The summed E-state index contributed by atoms with van der Waals surface area (Å²) in [4.78, 5) is 24.7. The number of fused-ring (bicyclic) bond motifs is 1. The zero-order chi connectivity index (χ0) is 16.6. The Morgan fingerprint density at radius 1 is 1.35 bits per heavy atom. The van der Waals surface area contributed by atoms with Gasteiger partial charge in [-0.2, -0.15) is 5.10 Å². The van der Waals surface area contributed by atoms with Gasteiger partial charge in [-0.3, -0.25) is 14.8 Å². The van der Waals surface area contributed by atoms with Gasteiger partial charge in [-0.1, -0.05) is 30.3 Å². The molecule has 0 unspecified atom stereocenters. The van der Waals surface area contributed by atoms with Crippen LogP contribution < -0.4 is 11.0 Å². The molecule has 118 valence electrons. The van der Waals surface area contributed by atoms with Crippen molar-refractivity contribution in [2.75, 3.05) is 0 Å². The first-order valence-electron chi connectivity index (χ1n) is 7.12. The van der Waals surface area contributed by atoms with E-state index in [-0.39, 0.29) is 5.56 Å². The molecule has 0 radical (unpaired) electrons. The number of amides is 1. The van der Waals surface area contributed by atoms with Crippen molar-refractivity contribution < 1.29 is 10.0 Å². The van der Waals surface area contributed by atoms with Crippen LogP contribution in [0.4, 0.5) is 0 Å². The maximum atomic E-state index is 12.5. The lowest BCUT2D eigenvalue weighted by molar-refractivity contribution is 0.0710. The quantitative estimate of drug-likeness (QED) is 0.571. The summed E-state index contributed by atoms with van der Waals surface area (Å²) >= 11 is 1.08. The fourth-order valence-corrected chi connectivity index (χ4v) is 3.70. The number of carbonyl (C=O) groups excluding carboxylic acids is 1. The topological polar surface area (TPSA) is 84.2 Å². The summed E-state index contributed by atoms with van der Waals surface area (Å²) in [6.45, 7) is 4.04. The minimum absolute atomic E-state index is 0.229. The normalized spacial score (nSPS) is 10.9. The van der Waals surface area contributed by atoms with Gasteiger partial charge in [0.15, 0.2) is 0 Å². The van der Waals surface area contributed by atoms with Gasteiger partial charge in [0, 0.05) is 17.5 Å². The van der Waals surface area contributed by atoms with E-state index in [1.807, 2.05) is 37.3 Å². The molecule has 7 heteroatoms.